The fourth-order valence-corrected chi connectivity index (χ4v) is 4.57. The van der Waals surface area contributed by atoms with Crippen LogP contribution in [0.4, 0.5) is 0 Å². The van der Waals surface area contributed by atoms with E-state index in [0.29, 0.717) is 12.2 Å². The molecule has 48 heavy (non-hydrogen) atoms. The monoisotopic (exact) mass is 667 g/mol. The van der Waals surface area contributed by atoms with Crippen molar-refractivity contribution >= 4 is 29.6 Å². The van der Waals surface area contributed by atoms with E-state index in [-0.39, 0.29) is 24.4 Å². The van der Waals surface area contributed by atoms with E-state index in [4.69, 9.17) is 15.2 Å². The maximum absolute atomic E-state index is 13.4. The van der Waals surface area contributed by atoms with Gasteiger partial charge < -0.3 is 36.5 Å². The molecule has 12 nitrogen and oxygen atoms in total. The van der Waals surface area contributed by atoms with E-state index < -0.39 is 66.4 Å². The van der Waals surface area contributed by atoms with E-state index in [0.717, 1.165) is 11.1 Å². The van der Waals surface area contributed by atoms with Gasteiger partial charge in [0.25, 0.3) is 0 Å². The molecule has 0 aliphatic carbocycles. The highest BCUT2D eigenvalue weighted by Gasteiger charge is 2.31. The predicted molar refractivity (Wildman–Crippen MR) is 184 cm³/mol. The highest BCUT2D eigenvalue weighted by molar-refractivity contribution is 5.93. The van der Waals surface area contributed by atoms with Gasteiger partial charge in [-0.25, -0.2) is 4.79 Å². The molecule has 0 spiro atoms. The van der Waals surface area contributed by atoms with Crippen molar-refractivity contribution in [1.29, 1.82) is 0 Å². The van der Waals surface area contributed by atoms with Crippen molar-refractivity contribution in [1.82, 2.24) is 21.3 Å². The van der Waals surface area contributed by atoms with Gasteiger partial charge in [0.1, 0.15) is 29.0 Å². The molecular formula is C36H53N5O7. The Morgan fingerprint density at radius 3 is 1.83 bits per heavy atom. The van der Waals surface area contributed by atoms with Gasteiger partial charge in [0.05, 0.1) is 19.1 Å². The molecule has 0 aliphatic heterocycles. The highest BCUT2D eigenvalue weighted by Crippen LogP contribution is 2.19. The van der Waals surface area contributed by atoms with Crippen LogP contribution in [-0.4, -0.2) is 72.0 Å². The predicted octanol–water partition coefficient (Wildman–Crippen LogP) is 2.57. The maximum atomic E-state index is 13.4. The molecule has 0 radical (unpaired) electrons. The molecule has 0 aromatic heterocycles. The van der Waals surface area contributed by atoms with Crippen LogP contribution in [-0.2, 0) is 41.6 Å². The third-order valence-corrected chi connectivity index (χ3v) is 6.66. The molecule has 0 aliphatic rings. The first-order valence-corrected chi connectivity index (χ1v) is 16.3. The Balaban J connectivity index is 1.94. The summed E-state index contributed by atoms with van der Waals surface area (Å²) in [7, 11) is 0. The number of nitrogens with one attached hydrogen (secondary N) is 4. The van der Waals surface area contributed by atoms with Crippen molar-refractivity contribution in [3.8, 4) is 5.75 Å². The molecule has 0 saturated carbocycles. The van der Waals surface area contributed by atoms with Gasteiger partial charge >= 0.3 is 5.97 Å². The molecule has 4 amide bonds. The molecule has 6 N–H and O–H groups in total. The zero-order chi connectivity index (χ0) is 36.1. The van der Waals surface area contributed by atoms with Crippen LogP contribution in [0.5, 0.6) is 5.75 Å². The van der Waals surface area contributed by atoms with Gasteiger partial charge in [-0.1, -0.05) is 56.3 Å². The van der Waals surface area contributed by atoms with E-state index in [9.17, 15) is 24.0 Å². The first-order valence-electron chi connectivity index (χ1n) is 16.3. The number of hydrogen-bond acceptors (Lipinski definition) is 8. The van der Waals surface area contributed by atoms with Gasteiger partial charge in [0, 0.05) is 6.42 Å². The molecule has 2 aromatic rings. The fraction of sp³-hybridized carbons (Fsp3) is 0.528. The van der Waals surface area contributed by atoms with Crippen LogP contribution in [0, 0.1) is 5.92 Å². The number of amides is 4. The van der Waals surface area contributed by atoms with Gasteiger partial charge in [-0.2, -0.15) is 0 Å². The molecule has 2 aromatic carbocycles. The van der Waals surface area contributed by atoms with Crippen LogP contribution in [0.25, 0.3) is 0 Å². The highest BCUT2D eigenvalue weighted by atomic mass is 16.6. The second-order valence-electron chi connectivity index (χ2n) is 14.2. The van der Waals surface area contributed by atoms with Crippen molar-refractivity contribution in [2.24, 2.45) is 11.7 Å². The summed E-state index contributed by atoms with van der Waals surface area (Å²) in [4.78, 5) is 64.2. The number of rotatable bonds is 16. The molecule has 264 valence electrons. The van der Waals surface area contributed by atoms with Crippen LogP contribution in [0.1, 0.15) is 72.9 Å². The van der Waals surface area contributed by atoms with Crippen LogP contribution < -0.4 is 31.7 Å². The molecule has 0 heterocycles. The molecule has 12 heteroatoms. The summed E-state index contributed by atoms with van der Waals surface area (Å²) >= 11 is 0. The minimum absolute atomic E-state index is 0.0790. The molecular weight excluding hydrogens is 614 g/mol. The van der Waals surface area contributed by atoms with E-state index >= 15 is 0 Å². The largest absolute Gasteiger partial charge is 0.488 e. The molecule has 0 bridgehead atoms. The van der Waals surface area contributed by atoms with Gasteiger partial charge in [0.2, 0.25) is 23.6 Å². The topological polar surface area (TPSA) is 178 Å². The van der Waals surface area contributed by atoms with E-state index in [1.54, 1.807) is 20.8 Å². The number of carbonyl (C=O) groups is 5. The summed E-state index contributed by atoms with van der Waals surface area (Å²) in [5.74, 6) is -2.10. The van der Waals surface area contributed by atoms with E-state index in [1.165, 1.54) is 0 Å². The van der Waals surface area contributed by atoms with Crippen LogP contribution in [0.15, 0.2) is 54.6 Å². The van der Waals surface area contributed by atoms with Crippen molar-refractivity contribution in [3.05, 3.63) is 65.7 Å². The lowest BCUT2D eigenvalue weighted by Gasteiger charge is -2.27. The number of carbonyl (C=O) groups excluding carboxylic acids is 5. The summed E-state index contributed by atoms with van der Waals surface area (Å²) < 4.78 is 11.3. The zero-order valence-electron chi connectivity index (χ0n) is 29.5. The normalized spacial score (nSPS) is 13.5. The fourth-order valence-electron chi connectivity index (χ4n) is 4.57. The SMILES string of the molecule is CC(C)C[C@H](NC(=O)[C@H](Cc1ccccc1)NC(=O)CNC(=O)CNC(=O)[C@@H](N)Cc1ccc(OC(C)(C)C)cc1)C(=O)OC(C)(C)C. The van der Waals surface area contributed by atoms with Gasteiger partial charge in [0.15, 0.2) is 0 Å². The van der Waals surface area contributed by atoms with E-state index in [1.807, 2.05) is 89.2 Å². The van der Waals surface area contributed by atoms with Crippen LogP contribution in [0.2, 0.25) is 0 Å². The number of hydrogen-bond donors (Lipinski definition) is 5. The molecule has 2 rings (SSSR count). The summed E-state index contributed by atoms with van der Waals surface area (Å²) in [5.41, 5.74) is 6.58. The number of ether oxygens (including phenoxy) is 2. The first-order chi connectivity index (χ1) is 22.3. The smallest absolute Gasteiger partial charge is 0.329 e. The second-order valence-corrected chi connectivity index (χ2v) is 14.2. The Kier molecular flexibility index (Phi) is 15.1. The minimum atomic E-state index is -1.04. The van der Waals surface area contributed by atoms with Crippen molar-refractivity contribution in [2.45, 2.75) is 104 Å². The van der Waals surface area contributed by atoms with Crippen LogP contribution in [0.3, 0.4) is 0 Å². The van der Waals surface area contributed by atoms with Gasteiger partial charge in [-0.3, -0.25) is 19.2 Å². The number of esters is 1. The van der Waals surface area contributed by atoms with Crippen molar-refractivity contribution in [2.75, 3.05) is 13.1 Å². The first kappa shape index (κ1) is 39.7. The lowest BCUT2D eigenvalue weighted by atomic mass is 10.0. The summed E-state index contributed by atoms with van der Waals surface area (Å²) in [6.07, 6.45) is 0.745. The number of nitrogens with two attached hydrogens (primary N) is 1. The zero-order valence-corrected chi connectivity index (χ0v) is 29.5. The standard InChI is InChI=1S/C36H53N5O7/c1-23(2)18-29(34(46)48-36(6,7)8)41-33(45)28(20-24-12-10-9-11-13-24)40-31(43)22-38-30(42)21-39-32(44)27(37)19-25-14-16-26(17-15-25)47-35(3,4)5/h9-17,23,27-29H,18-22,37H2,1-8H3,(H,38,42)(H,39,44)(H,40,43)(H,41,45)/t27-,28-,29-/m0/s1. The third-order valence-electron chi connectivity index (χ3n) is 6.66. The summed E-state index contributed by atoms with van der Waals surface area (Å²) in [6.45, 7) is 14.1. The lowest BCUT2D eigenvalue weighted by molar-refractivity contribution is -0.159. The second kappa shape index (κ2) is 18.2. The Bertz CT molecular complexity index is 1370. The summed E-state index contributed by atoms with van der Waals surface area (Å²) in [6, 6.07) is 13.5. The number of benzene rings is 2. The Labute approximate surface area is 284 Å². The van der Waals surface area contributed by atoms with Crippen LogP contribution >= 0.6 is 0 Å². The van der Waals surface area contributed by atoms with Gasteiger partial charge in [-0.05, 0) is 83.6 Å². The Hall–Kier alpha value is -4.45. The summed E-state index contributed by atoms with van der Waals surface area (Å²) in [5, 5.41) is 10.3. The molecule has 3 atom stereocenters. The average Bonchev–Trinajstić information content (AvgIpc) is 2.97. The maximum Gasteiger partial charge on any atom is 0.329 e. The molecule has 0 saturated heterocycles. The third kappa shape index (κ3) is 15.9. The Morgan fingerprint density at radius 2 is 1.27 bits per heavy atom. The lowest BCUT2D eigenvalue weighted by Crippen LogP contribution is -2.55. The molecule has 0 unspecified atom stereocenters. The van der Waals surface area contributed by atoms with Crippen molar-refractivity contribution in [3.63, 3.8) is 0 Å². The van der Waals surface area contributed by atoms with E-state index in [2.05, 4.69) is 21.3 Å². The minimum Gasteiger partial charge on any atom is -0.488 e. The quantitative estimate of drug-likeness (QED) is 0.170. The average molecular weight is 668 g/mol. The molecule has 0 fully saturated rings. The Morgan fingerprint density at radius 1 is 0.688 bits per heavy atom. The van der Waals surface area contributed by atoms with Gasteiger partial charge in [-0.15, -0.1) is 0 Å². The van der Waals surface area contributed by atoms with Crippen molar-refractivity contribution < 1.29 is 33.4 Å².